The van der Waals surface area contributed by atoms with Crippen molar-refractivity contribution < 1.29 is 4.39 Å². The van der Waals surface area contributed by atoms with Gasteiger partial charge in [0.15, 0.2) is 0 Å². The highest BCUT2D eigenvalue weighted by atomic mass is 79.9. The lowest BCUT2D eigenvalue weighted by molar-refractivity contribution is 0.446. The second kappa shape index (κ2) is 4.04. The van der Waals surface area contributed by atoms with Crippen molar-refractivity contribution in [2.45, 2.75) is 19.8 Å². The van der Waals surface area contributed by atoms with Crippen LogP contribution in [0, 0.1) is 6.92 Å². The molecule has 0 aliphatic rings. The van der Waals surface area contributed by atoms with Crippen LogP contribution in [-0.4, -0.2) is 6.67 Å². The summed E-state index contributed by atoms with van der Waals surface area (Å²) in [5.74, 6) is -0.0146. The summed E-state index contributed by atoms with van der Waals surface area (Å²) in [5.41, 5.74) is 2.23. The van der Waals surface area contributed by atoms with Crippen LogP contribution < -0.4 is 0 Å². The van der Waals surface area contributed by atoms with Gasteiger partial charge in [-0.3, -0.25) is 4.39 Å². The first-order chi connectivity index (χ1) is 5.65. The lowest BCUT2D eigenvalue weighted by Gasteiger charge is -2.10. The van der Waals surface area contributed by atoms with E-state index in [4.69, 9.17) is 0 Å². The molecule has 0 aliphatic carbocycles. The highest BCUT2D eigenvalue weighted by Crippen LogP contribution is 2.25. The van der Waals surface area contributed by atoms with Gasteiger partial charge in [-0.05, 0) is 18.6 Å². The zero-order valence-corrected chi connectivity index (χ0v) is 8.86. The van der Waals surface area contributed by atoms with Crippen LogP contribution in [0.5, 0.6) is 0 Å². The predicted octanol–water partition coefficient (Wildman–Crippen LogP) is 3.83. The lowest BCUT2D eigenvalue weighted by atomic mass is 10.0. The van der Waals surface area contributed by atoms with E-state index in [0.29, 0.717) is 0 Å². The molecule has 0 fully saturated rings. The van der Waals surface area contributed by atoms with E-state index < -0.39 is 0 Å². The van der Waals surface area contributed by atoms with Gasteiger partial charge < -0.3 is 0 Å². The first-order valence-electron chi connectivity index (χ1n) is 3.97. The largest absolute Gasteiger partial charge is 0.250 e. The van der Waals surface area contributed by atoms with Crippen molar-refractivity contribution in [1.82, 2.24) is 0 Å². The van der Waals surface area contributed by atoms with E-state index in [-0.39, 0.29) is 12.6 Å². The maximum absolute atomic E-state index is 12.4. The maximum Gasteiger partial charge on any atom is 0.0960 e. The maximum atomic E-state index is 12.4. The van der Waals surface area contributed by atoms with Gasteiger partial charge in [-0.15, -0.1) is 0 Å². The highest BCUT2D eigenvalue weighted by Gasteiger charge is 2.08. The Morgan fingerprint density at radius 2 is 2.17 bits per heavy atom. The zero-order valence-electron chi connectivity index (χ0n) is 7.27. The van der Waals surface area contributed by atoms with E-state index in [2.05, 4.69) is 15.9 Å². The summed E-state index contributed by atoms with van der Waals surface area (Å²) < 4.78 is 13.4. The van der Waals surface area contributed by atoms with Crippen LogP contribution in [0.25, 0.3) is 0 Å². The minimum Gasteiger partial charge on any atom is -0.250 e. The van der Waals surface area contributed by atoms with Crippen LogP contribution in [0.1, 0.15) is 24.0 Å². The van der Waals surface area contributed by atoms with E-state index in [0.717, 1.165) is 10.0 Å². The van der Waals surface area contributed by atoms with Gasteiger partial charge in [0.1, 0.15) is 0 Å². The van der Waals surface area contributed by atoms with Gasteiger partial charge in [0, 0.05) is 10.4 Å². The predicted molar refractivity (Wildman–Crippen MR) is 53.3 cm³/mol. The van der Waals surface area contributed by atoms with Gasteiger partial charge in [-0.25, -0.2) is 0 Å². The average Bonchev–Trinajstić information content (AvgIpc) is 2.08. The zero-order chi connectivity index (χ0) is 9.14. The Kier molecular flexibility index (Phi) is 3.27. The van der Waals surface area contributed by atoms with E-state index in [1.807, 2.05) is 32.0 Å². The second-order valence-electron chi connectivity index (χ2n) is 3.08. The fraction of sp³-hybridized carbons (Fsp3) is 0.400. The van der Waals surface area contributed by atoms with Crippen molar-refractivity contribution in [3.8, 4) is 0 Å². The van der Waals surface area contributed by atoms with Gasteiger partial charge in [-0.2, -0.15) is 0 Å². The average molecular weight is 231 g/mol. The first kappa shape index (κ1) is 9.72. The molecule has 1 aromatic rings. The van der Waals surface area contributed by atoms with Crippen molar-refractivity contribution >= 4 is 15.9 Å². The van der Waals surface area contributed by atoms with Gasteiger partial charge in [0.05, 0.1) is 6.67 Å². The molecule has 0 heterocycles. The van der Waals surface area contributed by atoms with E-state index in [1.54, 1.807) is 0 Å². The molecule has 0 aromatic heterocycles. The van der Waals surface area contributed by atoms with Crippen LogP contribution >= 0.6 is 15.9 Å². The summed E-state index contributed by atoms with van der Waals surface area (Å²) >= 11 is 3.41. The smallest absolute Gasteiger partial charge is 0.0960 e. The quantitative estimate of drug-likeness (QED) is 0.725. The molecule has 0 spiro atoms. The molecule has 1 atom stereocenters. The molecule has 0 saturated carbocycles. The number of rotatable bonds is 2. The lowest BCUT2D eigenvalue weighted by Crippen LogP contribution is -1.96. The number of hydrogen-bond acceptors (Lipinski definition) is 0. The Morgan fingerprint density at radius 1 is 1.50 bits per heavy atom. The summed E-state index contributed by atoms with van der Waals surface area (Å²) in [7, 11) is 0. The molecule has 0 bridgehead atoms. The number of alkyl halides is 1. The molecular weight excluding hydrogens is 219 g/mol. The molecular formula is C10H12BrF. The van der Waals surface area contributed by atoms with Crippen LogP contribution in [0.15, 0.2) is 22.7 Å². The Balaban J connectivity index is 3.04. The van der Waals surface area contributed by atoms with Crippen LogP contribution in [0.3, 0.4) is 0 Å². The van der Waals surface area contributed by atoms with Gasteiger partial charge in [-0.1, -0.05) is 40.5 Å². The molecule has 1 unspecified atom stereocenters. The molecule has 12 heavy (non-hydrogen) atoms. The summed E-state index contributed by atoms with van der Waals surface area (Å²) in [6, 6.07) is 6.00. The minimum atomic E-state index is -0.304. The van der Waals surface area contributed by atoms with Crippen molar-refractivity contribution in [3.05, 3.63) is 33.8 Å². The normalized spacial score (nSPS) is 13.0. The van der Waals surface area contributed by atoms with Crippen molar-refractivity contribution in [2.75, 3.05) is 6.67 Å². The van der Waals surface area contributed by atoms with Gasteiger partial charge in [0.25, 0.3) is 0 Å². The first-order valence-corrected chi connectivity index (χ1v) is 4.76. The van der Waals surface area contributed by atoms with E-state index in [9.17, 15) is 4.39 Å². The standard InChI is InChI=1S/C10H12BrF/c1-7-3-4-10(11)9(5-7)8(2)6-12/h3-5,8H,6H2,1-2H3. The summed E-state index contributed by atoms with van der Waals surface area (Å²) in [6.07, 6.45) is 0. The van der Waals surface area contributed by atoms with Gasteiger partial charge >= 0.3 is 0 Å². The Labute approximate surface area is 80.9 Å². The fourth-order valence-electron chi connectivity index (χ4n) is 1.12. The Bertz CT molecular complexity index is 271. The summed E-state index contributed by atoms with van der Waals surface area (Å²) in [5, 5.41) is 0. The Morgan fingerprint density at radius 3 is 2.75 bits per heavy atom. The number of benzene rings is 1. The van der Waals surface area contributed by atoms with Crippen LogP contribution in [-0.2, 0) is 0 Å². The molecule has 1 rings (SSSR count). The molecule has 0 N–H and O–H groups in total. The molecule has 0 radical (unpaired) electrons. The molecule has 0 saturated heterocycles. The highest BCUT2D eigenvalue weighted by molar-refractivity contribution is 9.10. The van der Waals surface area contributed by atoms with Crippen molar-refractivity contribution in [1.29, 1.82) is 0 Å². The number of aryl methyl sites for hydroxylation is 1. The van der Waals surface area contributed by atoms with Crippen molar-refractivity contribution in [2.24, 2.45) is 0 Å². The fourth-order valence-corrected chi connectivity index (χ4v) is 1.76. The summed E-state index contributed by atoms with van der Waals surface area (Å²) in [6.45, 7) is 3.60. The molecule has 0 aliphatic heterocycles. The monoisotopic (exact) mass is 230 g/mol. The third kappa shape index (κ3) is 2.07. The SMILES string of the molecule is Cc1ccc(Br)c(C(C)CF)c1. The molecule has 0 nitrogen and oxygen atoms in total. The molecule has 66 valence electrons. The van der Waals surface area contributed by atoms with E-state index >= 15 is 0 Å². The molecule has 1 aromatic carbocycles. The summed E-state index contributed by atoms with van der Waals surface area (Å²) in [4.78, 5) is 0. The number of halogens is 2. The topological polar surface area (TPSA) is 0 Å². The minimum absolute atomic E-state index is 0.0146. The Hall–Kier alpha value is -0.370. The van der Waals surface area contributed by atoms with Crippen LogP contribution in [0.4, 0.5) is 4.39 Å². The third-order valence-electron chi connectivity index (χ3n) is 1.91. The van der Waals surface area contributed by atoms with Gasteiger partial charge in [0.2, 0.25) is 0 Å². The second-order valence-corrected chi connectivity index (χ2v) is 3.93. The number of hydrogen-bond donors (Lipinski definition) is 0. The van der Waals surface area contributed by atoms with Crippen molar-refractivity contribution in [3.63, 3.8) is 0 Å². The molecule has 0 amide bonds. The van der Waals surface area contributed by atoms with Crippen LogP contribution in [0.2, 0.25) is 0 Å². The van der Waals surface area contributed by atoms with E-state index in [1.165, 1.54) is 5.56 Å². The third-order valence-corrected chi connectivity index (χ3v) is 2.64. The molecule has 2 heteroatoms.